The van der Waals surface area contributed by atoms with E-state index in [9.17, 15) is 0 Å². The van der Waals surface area contributed by atoms with Crippen LogP contribution in [0, 0.1) is 0 Å². The predicted octanol–water partition coefficient (Wildman–Crippen LogP) is 5.45. The first-order chi connectivity index (χ1) is 19.6. The minimum absolute atomic E-state index is 0.759. The second-order valence-electron chi connectivity index (χ2n) is 7.16. The first kappa shape index (κ1) is 34.0. The van der Waals surface area contributed by atoms with E-state index in [4.69, 9.17) is 18.9 Å². The molecule has 0 saturated carbocycles. The summed E-state index contributed by atoms with van der Waals surface area (Å²) in [6, 6.07) is 14.5. The van der Waals surface area contributed by atoms with Crippen LogP contribution in [0.5, 0.6) is 23.0 Å². The van der Waals surface area contributed by atoms with Gasteiger partial charge in [0.15, 0.2) is 0 Å². The Morgan fingerprint density at radius 3 is 1.18 bits per heavy atom. The molecule has 12 heteroatoms. The molecule has 40 heavy (non-hydrogen) atoms. The van der Waals surface area contributed by atoms with Crippen molar-refractivity contribution < 1.29 is 36.5 Å². The van der Waals surface area contributed by atoms with Gasteiger partial charge in [-0.2, -0.15) is 0 Å². The van der Waals surface area contributed by atoms with Gasteiger partial charge < -0.3 is 23.5 Å². The molecule has 0 aromatic carbocycles. The van der Waals surface area contributed by atoms with Crippen molar-refractivity contribution in [3.8, 4) is 34.4 Å². The summed E-state index contributed by atoms with van der Waals surface area (Å²) in [6.07, 6.45) is 15.5. The summed E-state index contributed by atoms with van der Waals surface area (Å²) in [5, 5.41) is 0. The molecule has 0 saturated heterocycles. The van der Waals surface area contributed by atoms with Gasteiger partial charge in [-0.1, -0.05) is 0 Å². The first-order valence-electron chi connectivity index (χ1n) is 11.5. The average Bonchev–Trinajstić information content (AvgIpc) is 3.54. The molecule has 10 nitrogen and oxygen atoms in total. The molecule has 5 rings (SSSR count). The number of imidazole rings is 1. The quantitative estimate of drug-likeness (QED) is 0.233. The maximum atomic E-state index is 5.13. The van der Waals surface area contributed by atoms with Crippen molar-refractivity contribution in [1.29, 1.82) is 0 Å². The monoisotopic (exact) mass is 743 g/mol. The maximum absolute atomic E-state index is 5.13. The Balaban J connectivity index is 0.000000282. The molecule has 213 valence electrons. The Labute approximate surface area is 249 Å². The van der Waals surface area contributed by atoms with Crippen molar-refractivity contribution in [3.05, 3.63) is 104 Å². The van der Waals surface area contributed by atoms with Crippen LogP contribution in [0.3, 0.4) is 0 Å². The van der Waals surface area contributed by atoms with E-state index in [1.54, 1.807) is 115 Å². The van der Waals surface area contributed by atoms with Crippen molar-refractivity contribution in [1.82, 2.24) is 29.5 Å². The summed E-state index contributed by atoms with van der Waals surface area (Å²) in [7, 11) is 13.1. The number of pyridine rings is 4. The number of hydrogen-bond donors (Lipinski definition) is 0. The molecule has 5 aromatic heterocycles. The summed E-state index contributed by atoms with van der Waals surface area (Å²) in [5.41, 5.74) is 1.52. The molecule has 5 aromatic rings. The number of ether oxygens (including phenoxy) is 4. The Kier molecular flexibility index (Phi) is 18.5. The molecule has 0 fully saturated rings. The van der Waals surface area contributed by atoms with Crippen LogP contribution in [-0.4, -0.2) is 57.9 Å². The standard InChI is InChI=1S/C12H12N2O2.2C6H7NO.C4H6N2.ClH.Os/c1-15-9-3-5-13-11(7-9)12-8-10(16-2)4-6-14-12;2*1-8-6-2-4-7-5-3-6;1-6-3-2-5-4-6;;/h3-8H,1-2H3;2*2-5H,1H3;2-4H,1H3;1H;/q;;;;;+1/p-1. The van der Waals surface area contributed by atoms with Crippen molar-refractivity contribution >= 4 is 9.64 Å². The Morgan fingerprint density at radius 2 is 0.925 bits per heavy atom. The van der Waals surface area contributed by atoms with E-state index in [0.29, 0.717) is 0 Å². The molecule has 0 unspecified atom stereocenters. The third-order valence-electron chi connectivity index (χ3n) is 4.60. The Hall–Kier alpha value is -4.06. The fourth-order valence-electron chi connectivity index (χ4n) is 2.63. The van der Waals surface area contributed by atoms with Gasteiger partial charge >= 0.3 is 27.2 Å². The van der Waals surface area contributed by atoms with Crippen molar-refractivity contribution in [3.63, 3.8) is 0 Å². The molecule has 0 aliphatic carbocycles. The molecule has 0 amide bonds. The molecular formula is C28H32ClN6O4Os. The van der Waals surface area contributed by atoms with Gasteiger partial charge in [0.25, 0.3) is 0 Å². The number of aromatic nitrogens is 6. The first-order valence-corrected chi connectivity index (χ1v) is 14.7. The van der Waals surface area contributed by atoms with E-state index in [2.05, 4.69) is 34.6 Å². The average molecular weight is 742 g/mol. The molecule has 0 bridgehead atoms. The molecule has 0 spiro atoms. The van der Waals surface area contributed by atoms with E-state index in [0.717, 1.165) is 34.4 Å². The summed E-state index contributed by atoms with van der Waals surface area (Å²) >= 11 is 1.33. The van der Waals surface area contributed by atoms with Crippen molar-refractivity contribution in [2.24, 2.45) is 7.05 Å². The number of hydrogen-bond acceptors (Lipinski definition) is 9. The number of rotatable bonds is 5. The SMILES string of the molecule is COc1ccnc(-c2cc(OC)ccn2)c1.COc1ccncc1.COc1ccncc1.Cn1ccnc1.[Cl][Os]. The van der Waals surface area contributed by atoms with Gasteiger partial charge in [0, 0.05) is 68.8 Å². The summed E-state index contributed by atoms with van der Waals surface area (Å²) < 4.78 is 21.9. The molecule has 0 N–H and O–H groups in total. The van der Waals surface area contributed by atoms with Crippen LogP contribution in [0.4, 0.5) is 0 Å². The summed E-state index contributed by atoms with van der Waals surface area (Å²) in [4.78, 5) is 19.9. The predicted molar refractivity (Wildman–Crippen MR) is 151 cm³/mol. The van der Waals surface area contributed by atoms with Gasteiger partial charge in [-0.3, -0.25) is 19.9 Å². The number of aryl methyl sites for hydroxylation is 1. The van der Waals surface area contributed by atoms with Crippen LogP contribution in [0.25, 0.3) is 11.4 Å². The van der Waals surface area contributed by atoms with Gasteiger partial charge in [-0.25, -0.2) is 4.98 Å². The van der Waals surface area contributed by atoms with Gasteiger partial charge in [0.05, 0.1) is 46.2 Å². The number of nitrogens with zero attached hydrogens (tertiary/aromatic N) is 6. The minimum atomic E-state index is 0.759. The van der Waals surface area contributed by atoms with E-state index in [1.165, 1.54) is 17.6 Å². The van der Waals surface area contributed by atoms with Crippen LogP contribution in [0.1, 0.15) is 0 Å². The zero-order valence-corrected chi connectivity index (χ0v) is 26.2. The second kappa shape index (κ2) is 21.8. The fraction of sp³-hybridized carbons (Fsp3) is 0.179. The van der Waals surface area contributed by atoms with Crippen LogP contribution in [0.2, 0.25) is 0 Å². The molecule has 5 heterocycles. The van der Waals surface area contributed by atoms with Crippen LogP contribution >= 0.6 is 9.64 Å². The Morgan fingerprint density at radius 1 is 0.550 bits per heavy atom. The van der Waals surface area contributed by atoms with Crippen LogP contribution < -0.4 is 18.9 Å². The van der Waals surface area contributed by atoms with Gasteiger partial charge in [-0.05, 0) is 36.4 Å². The van der Waals surface area contributed by atoms with Crippen LogP contribution in [-0.2, 0) is 24.6 Å². The zero-order chi connectivity index (χ0) is 29.4. The molecule has 0 aliphatic rings. The summed E-state index contributed by atoms with van der Waals surface area (Å²) in [5.74, 6) is 3.21. The van der Waals surface area contributed by atoms with E-state index in [-0.39, 0.29) is 0 Å². The molecule has 0 atom stereocenters. The normalized spacial score (nSPS) is 8.88. The van der Waals surface area contributed by atoms with Gasteiger partial charge in [0.1, 0.15) is 23.0 Å². The van der Waals surface area contributed by atoms with E-state index in [1.807, 2.05) is 29.9 Å². The molecule has 0 radical (unpaired) electrons. The second-order valence-corrected chi connectivity index (χ2v) is 7.16. The van der Waals surface area contributed by atoms with Crippen molar-refractivity contribution in [2.75, 3.05) is 28.4 Å². The third kappa shape index (κ3) is 14.2. The number of methoxy groups -OCH3 is 4. The zero-order valence-electron chi connectivity index (χ0n) is 22.9. The van der Waals surface area contributed by atoms with Gasteiger partial charge in [0.2, 0.25) is 0 Å². The van der Waals surface area contributed by atoms with Crippen molar-refractivity contribution in [2.45, 2.75) is 0 Å². The van der Waals surface area contributed by atoms with E-state index < -0.39 is 0 Å². The third-order valence-corrected chi connectivity index (χ3v) is 4.60. The van der Waals surface area contributed by atoms with E-state index >= 15 is 0 Å². The van der Waals surface area contributed by atoms with Crippen LogP contribution in [0.15, 0.2) is 104 Å². The topological polar surface area (TPSA) is 106 Å². The number of halogens is 1. The summed E-state index contributed by atoms with van der Waals surface area (Å²) in [6.45, 7) is 0. The molecule has 0 aliphatic heterocycles. The molecular weight excluding hydrogens is 710 g/mol. The Bertz CT molecular complexity index is 1200. The fourth-order valence-corrected chi connectivity index (χ4v) is 2.63. The van der Waals surface area contributed by atoms with Gasteiger partial charge in [-0.15, -0.1) is 0 Å².